The number of carboxylic acid groups (broad SMARTS) is 1. The lowest BCUT2D eigenvalue weighted by Gasteiger charge is -2.14. The van der Waals surface area contributed by atoms with Gasteiger partial charge in [0.15, 0.2) is 0 Å². The molecule has 3 aromatic carbocycles. The molecule has 0 unspecified atom stereocenters. The Kier molecular flexibility index (Phi) is 7.41. The van der Waals surface area contributed by atoms with Crippen molar-refractivity contribution in [2.75, 3.05) is 5.32 Å². The number of nitrogens with one attached hydrogen (secondary N) is 1. The molecule has 0 aliphatic rings. The summed E-state index contributed by atoms with van der Waals surface area (Å²) < 4.78 is 21.8. The molecule has 4 aromatic rings. The fraction of sp³-hybridized carbons (Fsp3) is 0.148. The maximum Gasteiger partial charge on any atom is 0.307 e. The Balaban J connectivity index is 1.69. The lowest BCUT2D eigenvalue weighted by Crippen LogP contribution is -2.15. The molecule has 0 fully saturated rings. The molecule has 9 heteroatoms. The highest BCUT2D eigenvalue weighted by molar-refractivity contribution is 6.06. The number of carboxylic acids is 1. The summed E-state index contributed by atoms with van der Waals surface area (Å²) in [7, 11) is 1.80. The zero-order chi connectivity index (χ0) is 25.7. The van der Waals surface area contributed by atoms with Gasteiger partial charge in [-0.1, -0.05) is 18.2 Å². The van der Waals surface area contributed by atoms with Gasteiger partial charge in [-0.15, -0.1) is 0 Å². The molecule has 4 rings (SSSR count). The number of halogens is 1. The van der Waals surface area contributed by atoms with Crippen LogP contribution in [0.2, 0.25) is 0 Å². The Hall–Kier alpha value is -4.50. The number of para-hydroxylation sites is 1. The van der Waals surface area contributed by atoms with E-state index >= 15 is 0 Å². The third-order valence-corrected chi connectivity index (χ3v) is 5.46. The van der Waals surface area contributed by atoms with E-state index in [1.165, 1.54) is 12.1 Å². The van der Waals surface area contributed by atoms with Crippen LogP contribution in [0.25, 0.3) is 11.1 Å². The third-order valence-electron chi connectivity index (χ3n) is 5.46. The van der Waals surface area contributed by atoms with Gasteiger partial charge < -0.3 is 20.9 Å². The van der Waals surface area contributed by atoms with Crippen molar-refractivity contribution in [2.45, 2.75) is 19.6 Å². The van der Waals surface area contributed by atoms with Gasteiger partial charge in [0, 0.05) is 31.0 Å². The summed E-state index contributed by atoms with van der Waals surface area (Å²) in [6, 6.07) is 17.9. The molecule has 0 aliphatic heterocycles. The molecular weight excluding hydrogens is 463 g/mol. The number of hydrogen-bond acceptors (Lipinski definition) is 5. The number of aryl methyl sites for hydroxylation is 1. The minimum Gasteiger partial charge on any atom is -0.487 e. The predicted molar refractivity (Wildman–Crippen MR) is 133 cm³/mol. The predicted octanol–water partition coefficient (Wildman–Crippen LogP) is 4.14. The van der Waals surface area contributed by atoms with Crippen molar-refractivity contribution in [1.29, 1.82) is 0 Å². The summed E-state index contributed by atoms with van der Waals surface area (Å²) in [6.07, 6.45) is 1.56. The number of anilines is 1. The zero-order valence-electron chi connectivity index (χ0n) is 19.6. The topological polar surface area (TPSA) is 119 Å². The van der Waals surface area contributed by atoms with Crippen LogP contribution in [0.3, 0.4) is 0 Å². The van der Waals surface area contributed by atoms with Gasteiger partial charge in [-0.05, 0) is 70.8 Å². The fourth-order valence-electron chi connectivity index (χ4n) is 3.77. The first-order chi connectivity index (χ1) is 17.3. The maximum atomic E-state index is 14.2. The van der Waals surface area contributed by atoms with Crippen molar-refractivity contribution in [2.24, 2.45) is 12.8 Å². The van der Waals surface area contributed by atoms with Gasteiger partial charge in [0.1, 0.15) is 18.2 Å². The second-order valence-corrected chi connectivity index (χ2v) is 8.25. The number of aliphatic carboxylic acids is 1. The molecule has 8 nitrogen and oxygen atoms in total. The summed E-state index contributed by atoms with van der Waals surface area (Å²) in [5.41, 5.74) is 9.25. The minimum atomic E-state index is -1.01. The molecule has 1 aromatic heterocycles. The molecule has 36 heavy (non-hydrogen) atoms. The molecule has 0 saturated carbocycles. The van der Waals surface area contributed by atoms with Gasteiger partial charge >= 0.3 is 5.97 Å². The number of nitrogens with two attached hydrogens (primary N) is 1. The van der Waals surface area contributed by atoms with E-state index in [1.54, 1.807) is 66.5 Å². The number of rotatable bonds is 9. The van der Waals surface area contributed by atoms with Crippen molar-refractivity contribution in [1.82, 2.24) is 9.78 Å². The summed E-state index contributed by atoms with van der Waals surface area (Å²) in [5, 5.41) is 16.3. The Morgan fingerprint density at radius 3 is 2.58 bits per heavy atom. The van der Waals surface area contributed by atoms with Gasteiger partial charge in [-0.2, -0.15) is 5.10 Å². The second kappa shape index (κ2) is 10.8. The lowest BCUT2D eigenvalue weighted by molar-refractivity contribution is -0.136. The van der Waals surface area contributed by atoms with Gasteiger partial charge in [-0.25, -0.2) is 4.39 Å². The van der Waals surface area contributed by atoms with E-state index in [2.05, 4.69) is 10.4 Å². The smallest absolute Gasteiger partial charge is 0.307 e. The average molecular weight is 489 g/mol. The summed E-state index contributed by atoms with van der Waals surface area (Å²) in [6.45, 7) is 0.332. The molecular formula is C27H25FN4O4. The normalized spacial score (nSPS) is 10.8. The van der Waals surface area contributed by atoms with Gasteiger partial charge in [-0.3, -0.25) is 14.3 Å². The van der Waals surface area contributed by atoms with Crippen molar-refractivity contribution in [3.05, 3.63) is 101 Å². The van der Waals surface area contributed by atoms with E-state index in [4.69, 9.17) is 10.5 Å². The number of ether oxygens (including phenoxy) is 1. The average Bonchev–Trinajstić information content (AvgIpc) is 3.28. The maximum absolute atomic E-state index is 14.2. The Labute approximate surface area is 207 Å². The number of benzene rings is 3. The van der Waals surface area contributed by atoms with Crippen LogP contribution in [0, 0.1) is 5.82 Å². The van der Waals surface area contributed by atoms with Gasteiger partial charge in [0.2, 0.25) is 0 Å². The summed E-state index contributed by atoms with van der Waals surface area (Å²) >= 11 is 0. The van der Waals surface area contributed by atoms with E-state index in [9.17, 15) is 19.1 Å². The van der Waals surface area contributed by atoms with Gasteiger partial charge in [0.25, 0.3) is 5.91 Å². The number of carbonyl (C=O) groups is 2. The third kappa shape index (κ3) is 6.13. The molecule has 0 spiro atoms. The molecule has 0 atom stereocenters. The van der Waals surface area contributed by atoms with Crippen LogP contribution in [0.1, 0.15) is 27.2 Å². The van der Waals surface area contributed by atoms with E-state index in [1.807, 2.05) is 6.07 Å². The van der Waals surface area contributed by atoms with Crippen molar-refractivity contribution >= 4 is 17.6 Å². The highest BCUT2D eigenvalue weighted by Gasteiger charge is 2.15. The van der Waals surface area contributed by atoms with E-state index in [-0.39, 0.29) is 25.1 Å². The van der Waals surface area contributed by atoms with Crippen LogP contribution in [-0.2, 0) is 31.4 Å². The number of amides is 1. The van der Waals surface area contributed by atoms with Crippen LogP contribution in [0.15, 0.2) is 72.9 Å². The molecule has 4 N–H and O–H groups in total. The molecule has 1 amide bonds. The first kappa shape index (κ1) is 24.6. The first-order valence-electron chi connectivity index (χ1n) is 11.2. The van der Waals surface area contributed by atoms with Gasteiger partial charge in [0.05, 0.1) is 12.1 Å². The Morgan fingerprint density at radius 2 is 1.86 bits per heavy atom. The molecule has 0 radical (unpaired) electrons. The highest BCUT2D eigenvalue weighted by Crippen LogP contribution is 2.29. The number of hydrogen-bond donors (Lipinski definition) is 3. The quantitative estimate of drug-likeness (QED) is 0.326. The zero-order valence-corrected chi connectivity index (χ0v) is 19.6. The summed E-state index contributed by atoms with van der Waals surface area (Å²) in [4.78, 5) is 24.4. The van der Waals surface area contributed by atoms with E-state index in [0.29, 0.717) is 39.4 Å². The minimum absolute atomic E-state index is 0.161. The fourth-order valence-corrected chi connectivity index (χ4v) is 3.77. The molecule has 0 aliphatic carbocycles. The van der Waals surface area contributed by atoms with Crippen molar-refractivity contribution < 1.29 is 23.8 Å². The largest absolute Gasteiger partial charge is 0.487 e. The molecule has 1 heterocycles. The van der Waals surface area contributed by atoms with Crippen molar-refractivity contribution in [3.8, 4) is 16.9 Å². The standard InChI is InChI=1S/C27H25FN4O4/c1-32-7-6-23(31-32)16-36-24-12-20(19-8-17(15-29)9-22(28)11-19)10-21(13-24)27(35)30-25-5-3-2-4-18(25)14-26(33)34/h2-13H,14-16,29H2,1H3,(H,30,35)(H,33,34). The van der Waals surface area contributed by atoms with Crippen LogP contribution < -0.4 is 15.8 Å². The number of aromatic nitrogens is 2. The summed E-state index contributed by atoms with van der Waals surface area (Å²) in [5.74, 6) is -1.53. The Morgan fingerprint density at radius 1 is 1.08 bits per heavy atom. The van der Waals surface area contributed by atoms with E-state index in [0.717, 1.165) is 0 Å². The molecule has 0 saturated heterocycles. The monoisotopic (exact) mass is 488 g/mol. The molecule has 184 valence electrons. The van der Waals surface area contributed by atoms with Crippen LogP contribution in [0.5, 0.6) is 5.75 Å². The number of carbonyl (C=O) groups excluding carboxylic acids is 1. The van der Waals surface area contributed by atoms with E-state index < -0.39 is 17.7 Å². The lowest BCUT2D eigenvalue weighted by atomic mass is 9.99. The number of nitrogens with zero attached hydrogens (tertiary/aromatic N) is 2. The first-order valence-corrected chi connectivity index (χ1v) is 11.2. The highest BCUT2D eigenvalue weighted by atomic mass is 19.1. The SMILES string of the molecule is Cn1ccc(COc2cc(C(=O)Nc3ccccc3CC(=O)O)cc(-c3cc(F)cc(CN)c3)c2)n1. The molecule has 0 bridgehead atoms. The second-order valence-electron chi connectivity index (χ2n) is 8.25. The van der Waals surface area contributed by atoms with Crippen LogP contribution in [-0.4, -0.2) is 26.8 Å². The van der Waals surface area contributed by atoms with Crippen LogP contribution in [0.4, 0.5) is 10.1 Å². The van der Waals surface area contributed by atoms with Crippen LogP contribution >= 0.6 is 0 Å². The van der Waals surface area contributed by atoms with Crippen molar-refractivity contribution in [3.63, 3.8) is 0 Å². The Bertz CT molecular complexity index is 1420.